The van der Waals surface area contributed by atoms with Crippen molar-refractivity contribution in [1.82, 2.24) is 0 Å². The molecule has 0 N–H and O–H groups in total. The molecule has 0 saturated carbocycles. The van der Waals surface area contributed by atoms with Crippen molar-refractivity contribution in [3.05, 3.63) is 34.9 Å². The summed E-state index contributed by atoms with van der Waals surface area (Å²) in [5, 5.41) is 0. The first-order valence-electron chi connectivity index (χ1n) is 4.75. The first-order valence-corrected chi connectivity index (χ1v) is 4.75. The first kappa shape index (κ1) is 11.7. The summed E-state index contributed by atoms with van der Waals surface area (Å²) in [5.41, 5.74) is 0.0349. The molecule has 0 radical (unpaired) electrons. The van der Waals surface area contributed by atoms with Gasteiger partial charge in [0.1, 0.15) is 0 Å². The van der Waals surface area contributed by atoms with Gasteiger partial charge in [0.05, 0.1) is 7.11 Å². The van der Waals surface area contributed by atoms with Crippen molar-refractivity contribution in [2.24, 2.45) is 0 Å². The zero-order valence-electron chi connectivity index (χ0n) is 9.43. The number of aryl methyl sites for hydroxylation is 1. The minimum Gasteiger partial charge on any atom is -0.466 e. The highest BCUT2D eigenvalue weighted by atomic mass is 19.1. The highest BCUT2D eigenvalue weighted by molar-refractivity contribution is 5.81. The maximum absolute atomic E-state index is 14.2. The Labute approximate surface area is 89.1 Å². The van der Waals surface area contributed by atoms with Crippen LogP contribution in [0, 0.1) is 13.8 Å². The van der Waals surface area contributed by atoms with Crippen molar-refractivity contribution in [1.29, 1.82) is 0 Å². The molecule has 0 aliphatic rings. The number of hydrogen-bond donors (Lipinski definition) is 0. The zero-order valence-corrected chi connectivity index (χ0v) is 9.43. The van der Waals surface area contributed by atoms with Gasteiger partial charge in [0.15, 0.2) is 0 Å². The summed E-state index contributed by atoms with van der Waals surface area (Å²) < 4.78 is 18.6. The predicted molar refractivity (Wildman–Crippen MR) is 56.4 cm³/mol. The summed E-state index contributed by atoms with van der Waals surface area (Å²) in [7, 11) is 1.19. The molecule has 0 aromatic heterocycles. The number of benzene rings is 1. The highest BCUT2D eigenvalue weighted by Gasteiger charge is 2.37. The third-order valence-corrected chi connectivity index (χ3v) is 2.68. The van der Waals surface area contributed by atoms with Crippen LogP contribution in [-0.4, -0.2) is 13.1 Å². The van der Waals surface area contributed by atoms with E-state index in [1.807, 2.05) is 13.0 Å². The Bertz CT molecular complexity index is 383. The average molecular weight is 210 g/mol. The van der Waals surface area contributed by atoms with Gasteiger partial charge in [-0.2, -0.15) is 0 Å². The largest absolute Gasteiger partial charge is 0.466 e. The SMILES string of the molecule is COC(=O)C(C)(F)c1cccc(C)c1C. The molecule has 82 valence electrons. The van der Waals surface area contributed by atoms with Gasteiger partial charge >= 0.3 is 5.97 Å². The Morgan fingerprint density at radius 3 is 2.53 bits per heavy atom. The van der Waals surface area contributed by atoms with Gasteiger partial charge in [-0.3, -0.25) is 0 Å². The zero-order chi connectivity index (χ0) is 11.6. The standard InChI is InChI=1S/C12H15FO2/c1-8-6-5-7-10(9(8)2)12(3,13)11(14)15-4/h5-7H,1-4H3. The quantitative estimate of drug-likeness (QED) is 0.701. The molecule has 0 spiro atoms. The molecule has 0 aliphatic heterocycles. The van der Waals surface area contributed by atoms with E-state index in [9.17, 15) is 9.18 Å². The van der Waals surface area contributed by atoms with Gasteiger partial charge in [0.2, 0.25) is 5.67 Å². The molecule has 3 heteroatoms. The van der Waals surface area contributed by atoms with Crippen molar-refractivity contribution in [3.8, 4) is 0 Å². The average Bonchev–Trinajstić information content (AvgIpc) is 2.20. The summed E-state index contributed by atoms with van der Waals surface area (Å²) in [4.78, 5) is 11.3. The fourth-order valence-electron chi connectivity index (χ4n) is 1.56. The molecule has 0 heterocycles. The monoisotopic (exact) mass is 210 g/mol. The Kier molecular flexibility index (Phi) is 3.12. The fraction of sp³-hybridized carbons (Fsp3) is 0.417. The van der Waals surface area contributed by atoms with Crippen LogP contribution in [0.2, 0.25) is 0 Å². The van der Waals surface area contributed by atoms with Crippen LogP contribution < -0.4 is 0 Å². The molecular formula is C12H15FO2. The third kappa shape index (κ3) is 2.01. The normalized spacial score (nSPS) is 14.5. The molecule has 0 amide bonds. The lowest BCUT2D eigenvalue weighted by Gasteiger charge is -2.20. The van der Waals surface area contributed by atoms with Crippen LogP contribution >= 0.6 is 0 Å². The lowest BCUT2D eigenvalue weighted by Crippen LogP contribution is -2.29. The van der Waals surface area contributed by atoms with Gasteiger partial charge in [-0.25, -0.2) is 9.18 Å². The minimum atomic E-state index is -2.08. The van der Waals surface area contributed by atoms with E-state index in [-0.39, 0.29) is 0 Å². The third-order valence-electron chi connectivity index (χ3n) is 2.68. The summed E-state index contributed by atoms with van der Waals surface area (Å²) in [6.07, 6.45) is 0. The van der Waals surface area contributed by atoms with E-state index in [0.717, 1.165) is 11.1 Å². The number of carbonyl (C=O) groups excluding carboxylic acids is 1. The van der Waals surface area contributed by atoms with Crippen molar-refractivity contribution in [2.75, 3.05) is 7.11 Å². The van der Waals surface area contributed by atoms with Crippen LogP contribution in [0.3, 0.4) is 0 Å². The number of ether oxygens (including phenoxy) is 1. The number of carbonyl (C=O) groups is 1. The Morgan fingerprint density at radius 1 is 1.40 bits per heavy atom. The van der Waals surface area contributed by atoms with Gasteiger partial charge in [-0.15, -0.1) is 0 Å². The minimum absolute atomic E-state index is 0.370. The molecule has 0 fully saturated rings. The molecule has 1 aromatic carbocycles. The number of alkyl halides is 1. The number of halogens is 1. The highest BCUT2D eigenvalue weighted by Crippen LogP contribution is 2.30. The summed E-state index contributed by atoms with van der Waals surface area (Å²) in [5.74, 6) is -0.865. The van der Waals surface area contributed by atoms with E-state index in [0.29, 0.717) is 5.56 Å². The van der Waals surface area contributed by atoms with E-state index in [2.05, 4.69) is 4.74 Å². The van der Waals surface area contributed by atoms with Gasteiger partial charge in [0, 0.05) is 5.56 Å². The second-order valence-corrected chi connectivity index (χ2v) is 3.74. The molecular weight excluding hydrogens is 195 g/mol. The van der Waals surface area contributed by atoms with Gasteiger partial charge < -0.3 is 4.74 Å². The number of rotatable bonds is 2. The fourth-order valence-corrected chi connectivity index (χ4v) is 1.56. The first-order chi connectivity index (χ1) is 6.91. The number of esters is 1. The van der Waals surface area contributed by atoms with Crippen LogP contribution in [0.25, 0.3) is 0 Å². The van der Waals surface area contributed by atoms with Gasteiger partial charge in [-0.1, -0.05) is 18.2 Å². The lowest BCUT2D eigenvalue weighted by molar-refractivity contribution is -0.154. The molecule has 1 aromatic rings. The maximum Gasteiger partial charge on any atom is 0.348 e. The summed E-state index contributed by atoms with van der Waals surface area (Å²) in [6, 6.07) is 5.23. The Hall–Kier alpha value is -1.38. The van der Waals surface area contributed by atoms with Crippen LogP contribution in [0.15, 0.2) is 18.2 Å². The molecule has 0 aliphatic carbocycles. The van der Waals surface area contributed by atoms with Crippen LogP contribution in [0.1, 0.15) is 23.6 Å². The molecule has 2 nitrogen and oxygen atoms in total. The summed E-state index contributed by atoms with van der Waals surface area (Å²) in [6.45, 7) is 4.90. The maximum atomic E-state index is 14.2. The predicted octanol–water partition coefficient (Wildman–Crippen LogP) is 2.66. The summed E-state index contributed by atoms with van der Waals surface area (Å²) >= 11 is 0. The van der Waals surface area contributed by atoms with Gasteiger partial charge in [-0.05, 0) is 31.9 Å². The van der Waals surface area contributed by atoms with E-state index in [1.165, 1.54) is 14.0 Å². The van der Waals surface area contributed by atoms with E-state index < -0.39 is 11.6 Å². The molecule has 1 rings (SSSR count). The van der Waals surface area contributed by atoms with E-state index >= 15 is 0 Å². The molecule has 0 bridgehead atoms. The molecule has 0 saturated heterocycles. The lowest BCUT2D eigenvalue weighted by atomic mass is 9.91. The van der Waals surface area contributed by atoms with Gasteiger partial charge in [0.25, 0.3) is 0 Å². The Balaban J connectivity index is 3.27. The second kappa shape index (κ2) is 4.01. The van der Waals surface area contributed by atoms with E-state index in [4.69, 9.17) is 0 Å². The van der Waals surface area contributed by atoms with Crippen LogP contribution in [0.4, 0.5) is 4.39 Å². The van der Waals surface area contributed by atoms with Crippen molar-refractivity contribution in [2.45, 2.75) is 26.4 Å². The van der Waals surface area contributed by atoms with Crippen molar-refractivity contribution < 1.29 is 13.9 Å². The topological polar surface area (TPSA) is 26.3 Å². The molecule has 1 unspecified atom stereocenters. The van der Waals surface area contributed by atoms with E-state index in [1.54, 1.807) is 19.1 Å². The number of hydrogen-bond acceptors (Lipinski definition) is 2. The van der Waals surface area contributed by atoms with Crippen molar-refractivity contribution >= 4 is 5.97 Å². The second-order valence-electron chi connectivity index (χ2n) is 3.74. The molecule has 15 heavy (non-hydrogen) atoms. The van der Waals surface area contributed by atoms with Crippen LogP contribution in [0.5, 0.6) is 0 Å². The Morgan fingerprint density at radius 2 is 2.00 bits per heavy atom. The number of methoxy groups -OCH3 is 1. The van der Waals surface area contributed by atoms with Crippen LogP contribution in [-0.2, 0) is 15.2 Å². The van der Waals surface area contributed by atoms with Crippen molar-refractivity contribution in [3.63, 3.8) is 0 Å². The smallest absolute Gasteiger partial charge is 0.348 e. The molecule has 1 atom stereocenters.